The van der Waals surface area contributed by atoms with Crippen LogP contribution in [0, 0.1) is 17.8 Å². The van der Waals surface area contributed by atoms with E-state index in [1.54, 1.807) is 5.56 Å². The van der Waals surface area contributed by atoms with Crippen LogP contribution in [0.3, 0.4) is 0 Å². The van der Waals surface area contributed by atoms with E-state index in [1.807, 2.05) is 0 Å². The summed E-state index contributed by atoms with van der Waals surface area (Å²) in [5.41, 5.74) is 3.06. The van der Waals surface area contributed by atoms with Gasteiger partial charge in [-0.15, -0.1) is 0 Å². The third kappa shape index (κ3) is 1.000. The summed E-state index contributed by atoms with van der Waals surface area (Å²) in [7, 11) is 0. The summed E-state index contributed by atoms with van der Waals surface area (Å²) in [5.74, 6) is 3.36. The van der Waals surface area contributed by atoms with Gasteiger partial charge < -0.3 is 0 Å². The van der Waals surface area contributed by atoms with Crippen molar-refractivity contribution >= 4 is 6.08 Å². The van der Waals surface area contributed by atoms with Gasteiger partial charge >= 0.3 is 0 Å². The smallest absolute Gasteiger partial charge is 0.00529 e. The highest BCUT2D eigenvalue weighted by atomic mass is 14.5. The highest BCUT2D eigenvalue weighted by molar-refractivity contribution is 5.60. The normalized spacial score (nSPS) is 38.2. The van der Waals surface area contributed by atoms with Gasteiger partial charge in [-0.2, -0.15) is 0 Å². The van der Waals surface area contributed by atoms with E-state index in [4.69, 9.17) is 0 Å². The monoisotopic (exact) mass is 208 g/mol. The first-order chi connectivity index (χ1) is 7.95. The Bertz CT molecular complexity index is 481. The minimum atomic E-state index is 0.788. The van der Waals surface area contributed by atoms with Crippen LogP contribution in [-0.2, 0) is 0 Å². The SMILES string of the molecule is C1=C[C@H]2[C@H]3C=Cc4ccccc4[C@H]3[C@H]2CC1. The summed E-state index contributed by atoms with van der Waals surface area (Å²) in [4.78, 5) is 0. The van der Waals surface area contributed by atoms with Gasteiger partial charge in [0.15, 0.2) is 0 Å². The number of hydrogen-bond donors (Lipinski definition) is 0. The Kier molecular flexibility index (Phi) is 1.71. The summed E-state index contributed by atoms with van der Waals surface area (Å²) in [6, 6.07) is 8.94. The molecule has 0 radical (unpaired) electrons. The van der Waals surface area contributed by atoms with E-state index in [0.29, 0.717) is 0 Å². The fraction of sp³-hybridized carbons (Fsp3) is 0.375. The molecule has 0 unspecified atom stereocenters. The number of benzene rings is 1. The maximum absolute atomic E-state index is 2.47. The van der Waals surface area contributed by atoms with Crippen molar-refractivity contribution in [2.45, 2.75) is 18.8 Å². The predicted octanol–water partition coefficient (Wildman–Crippen LogP) is 4.01. The lowest BCUT2D eigenvalue weighted by atomic mass is 9.50. The van der Waals surface area contributed by atoms with Crippen LogP contribution in [0.5, 0.6) is 0 Å². The summed E-state index contributed by atoms with van der Waals surface area (Å²) in [5, 5.41) is 0. The Balaban J connectivity index is 1.81. The molecule has 0 spiro atoms. The molecule has 1 aromatic rings. The second kappa shape index (κ2) is 3.10. The molecule has 1 aromatic carbocycles. The van der Waals surface area contributed by atoms with Gasteiger partial charge in [0, 0.05) is 0 Å². The van der Waals surface area contributed by atoms with Crippen molar-refractivity contribution in [3.63, 3.8) is 0 Å². The van der Waals surface area contributed by atoms with Crippen LogP contribution in [-0.4, -0.2) is 0 Å². The number of hydrogen-bond acceptors (Lipinski definition) is 0. The molecule has 16 heavy (non-hydrogen) atoms. The highest BCUT2D eigenvalue weighted by Gasteiger charge is 2.49. The summed E-state index contributed by atoms with van der Waals surface area (Å²) >= 11 is 0. The van der Waals surface area contributed by atoms with Crippen LogP contribution in [0.2, 0.25) is 0 Å². The van der Waals surface area contributed by atoms with E-state index < -0.39 is 0 Å². The van der Waals surface area contributed by atoms with Gasteiger partial charge in [0.05, 0.1) is 0 Å². The molecule has 0 heteroatoms. The van der Waals surface area contributed by atoms with E-state index in [0.717, 1.165) is 23.7 Å². The van der Waals surface area contributed by atoms with Crippen LogP contribution in [0.4, 0.5) is 0 Å². The Morgan fingerprint density at radius 3 is 2.94 bits per heavy atom. The zero-order valence-corrected chi connectivity index (χ0v) is 9.34. The zero-order valence-electron chi connectivity index (χ0n) is 9.34. The Labute approximate surface area is 96.7 Å². The molecule has 1 fully saturated rings. The van der Waals surface area contributed by atoms with Gasteiger partial charge in [0.2, 0.25) is 0 Å². The lowest BCUT2D eigenvalue weighted by Crippen LogP contribution is -2.45. The maximum atomic E-state index is 2.47. The fourth-order valence-corrected chi connectivity index (χ4v) is 3.96. The van der Waals surface area contributed by atoms with Gasteiger partial charge in [-0.05, 0) is 47.6 Å². The van der Waals surface area contributed by atoms with Crippen molar-refractivity contribution in [2.24, 2.45) is 17.8 Å². The van der Waals surface area contributed by atoms with E-state index in [-0.39, 0.29) is 0 Å². The summed E-state index contributed by atoms with van der Waals surface area (Å²) in [6.45, 7) is 0. The molecule has 0 N–H and O–H groups in total. The molecule has 80 valence electrons. The molecule has 3 aliphatic rings. The van der Waals surface area contributed by atoms with Crippen molar-refractivity contribution in [3.8, 4) is 0 Å². The highest BCUT2D eigenvalue weighted by Crippen LogP contribution is 2.59. The molecular weight excluding hydrogens is 192 g/mol. The van der Waals surface area contributed by atoms with Crippen LogP contribution < -0.4 is 0 Å². The minimum Gasteiger partial charge on any atom is -0.0882 e. The van der Waals surface area contributed by atoms with Crippen molar-refractivity contribution in [1.29, 1.82) is 0 Å². The molecule has 0 aliphatic heterocycles. The zero-order chi connectivity index (χ0) is 10.5. The van der Waals surface area contributed by atoms with E-state index in [2.05, 4.69) is 48.6 Å². The second-order valence-corrected chi connectivity index (χ2v) is 5.34. The lowest BCUT2D eigenvalue weighted by Gasteiger charge is -2.54. The van der Waals surface area contributed by atoms with Crippen LogP contribution in [0.25, 0.3) is 6.08 Å². The van der Waals surface area contributed by atoms with Crippen molar-refractivity contribution in [3.05, 3.63) is 53.6 Å². The maximum Gasteiger partial charge on any atom is -0.00529 e. The van der Waals surface area contributed by atoms with Crippen LogP contribution in [0.1, 0.15) is 29.9 Å². The van der Waals surface area contributed by atoms with E-state index in [9.17, 15) is 0 Å². The average molecular weight is 208 g/mol. The second-order valence-electron chi connectivity index (χ2n) is 5.34. The number of fused-ring (bicyclic) bond motifs is 6. The summed E-state index contributed by atoms with van der Waals surface area (Å²) < 4.78 is 0. The standard InChI is InChI=1S/C16H16/c1-2-6-12-11(5-1)9-10-15-13-7-3-4-8-14(13)16(12)15/h1-3,5-7,9-10,13-16H,4,8H2/t13-,14+,15-,16+/m1/s1. The quantitative estimate of drug-likeness (QED) is 0.565. The third-order valence-corrected chi connectivity index (χ3v) is 4.69. The fourth-order valence-electron chi connectivity index (χ4n) is 3.96. The van der Waals surface area contributed by atoms with Crippen molar-refractivity contribution < 1.29 is 0 Å². The van der Waals surface area contributed by atoms with Gasteiger partial charge in [0.25, 0.3) is 0 Å². The largest absolute Gasteiger partial charge is 0.0882 e. The average Bonchev–Trinajstić information content (AvgIpc) is 2.34. The van der Waals surface area contributed by atoms with Gasteiger partial charge in [-0.1, -0.05) is 48.6 Å². The molecule has 0 amide bonds. The molecule has 4 rings (SSSR count). The molecule has 0 nitrogen and oxygen atoms in total. The van der Waals surface area contributed by atoms with Crippen molar-refractivity contribution in [2.75, 3.05) is 0 Å². The van der Waals surface area contributed by atoms with Gasteiger partial charge in [-0.25, -0.2) is 0 Å². The number of rotatable bonds is 0. The molecule has 0 bridgehead atoms. The molecule has 0 saturated heterocycles. The van der Waals surface area contributed by atoms with E-state index in [1.165, 1.54) is 18.4 Å². The van der Waals surface area contributed by atoms with E-state index >= 15 is 0 Å². The third-order valence-electron chi connectivity index (χ3n) is 4.69. The molecule has 1 saturated carbocycles. The van der Waals surface area contributed by atoms with Gasteiger partial charge in [-0.3, -0.25) is 0 Å². The summed E-state index contributed by atoms with van der Waals surface area (Å²) in [6.07, 6.45) is 12.3. The Morgan fingerprint density at radius 2 is 1.94 bits per heavy atom. The molecule has 4 atom stereocenters. The molecule has 0 heterocycles. The number of allylic oxidation sites excluding steroid dienone is 3. The first kappa shape index (κ1) is 8.81. The van der Waals surface area contributed by atoms with Crippen molar-refractivity contribution in [1.82, 2.24) is 0 Å². The molecular formula is C16H16. The van der Waals surface area contributed by atoms with Gasteiger partial charge in [0.1, 0.15) is 0 Å². The Hall–Kier alpha value is -1.30. The predicted molar refractivity (Wildman–Crippen MR) is 67.1 cm³/mol. The molecule has 3 aliphatic carbocycles. The lowest BCUT2D eigenvalue weighted by molar-refractivity contribution is 0.0901. The first-order valence-electron chi connectivity index (χ1n) is 6.39. The minimum absolute atomic E-state index is 0.788. The van der Waals surface area contributed by atoms with Crippen LogP contribution >= 0.6 is 0 Å². The first-order valence-corrected chi connectivity index (χ1v) is 6.39. The Morgan fingerprint density at radius 1 is 1.00 bits per heavy atom. The topological polar surface area (TPSA) is 0 Å². The van der Waals surface area contributed by atoms with Crippen LogP contribution in [0.15, 0.2) is 42.5 Å². The molecule has 0 aromatic heterocycles.